The first-order valence-electron chi connectivity index (χ1n) is 10.1. The van der Waals surface area contributed by atoms with Crippen molar-refractivity contribution in [2.75, 3.05) is 17.1 Å². The zero-order valence-corrected chi connectivity index (χ0v) is 19.3. The molecular formula is C24H25N3O5S. The molecule has 2 N–H and O–H groups in total. The Hall–Kier alpha value is -3.85. The van der Waals surface area contributed by atoms with Crippen molar-refractivity contribution >= 4 is 33.5 Å². The van der Waals surface area contributed by atoms with Crippen molar-refractivity contribution in [2.24, 2.45) is 0 Å². The Balaban J connectivity index is 1.63. The van der Waals surface area contributed by atoms with Crippen LogP contribution < -0.4 is 19.5 Å². The first-order chi connectivity index (χ1) is 15.8. The fourth-order valence-electron chi connectivity index (χ4n) is 2.83. The summed E-state index contributed by atoms with van der Waals surface area (Å²) in [6.45, 7) is 3.85. The van der Waals surface area contributed by atoms with E-state index in [0.29, 0.717) is 17.2 Å². The zero-order valence-electron chi connectivity index (χ0n) is 18.5. The average Bonchev–Trinajstić information content (AvgIpc) is 2.79. The summed E-state index contributed by atoms with van der Waals surface area (Å²) in [7, 11) is -2.23. The third-order valence-electron chi connectivity index (χ3n) is 4.31. The molecule has 1 aromatic heterocycles. The van der Waals surface area contributed by atoms with E-state index in [4.69, 9.17) is 9.47 Å². The lowest BCUT2D eigenvalue weighted by Crippen LogP contribution is -2.14. The summed E-state index contributed by atoms with van der Waals surface area (Å²) in [4.78, 5) is 16.3. The van der Waals surface area contributed by atoms with Gasteiger partial charge in [-0.15, -0.1) is 0 Å². The van der Waals surface area contributed by atoms with Crippen molar-refractivity contribution in [1.29, 1.82) is 0 Å². The summed E-state index contributed by atoms with van der Waals surface area (Å²) < 4.78 is 38.4. The van der Waals surface area contributed by atoms with Gasteiger partial charge in [-0.25, -0.2) is 13.4 Å². The van der Waals surface area contributed by atoms with Crippen LogP contribution in [0.1, 0.15) is 19.4 Å². The molecule has 0 saturated heterocycles. The molecule has 3 aromatic rings. The van der Waals surface area contributed by atoms with Crippen LogP contribution in [0.3, 0.4) is 0 Å². The van der Waals surface area contributed by atoms with Gasteiger partial charge in [0, 0.05) is 18.0 Å². The molecule has 33 heavy (non-hydrogen) atoms. The molecular weight excluding hydrogens is 442 g/mol. The molecule has 3 rings (SSSR count). The maximum atomic E-state index is 12.5. The number of carbonyl (C=O) groups is 1. The SMILES string of the molecule is COc1cc(/C=C/C(=O)Nc2ccc(S(=O)(=O)Nc3ccccn3)cc2)ccc1OC(C)C. The summed E-state index contributed by atoms with van der Waals surface area (Å²) in [6.07, 6.45) is 4.53. The summed E-state index contributed by atoms with van der Waals surface area (Å²) in [5.41, 5.74) is 1.22. The Labute approximate surface area is 193 Å². The third-order valence-corrected chi connectivity index (χ3v) is 5.68. The van der Waals surface area contributed by atoms with Crippen LogP contribution in [-0.2, 0) is 14.8 Å². The van der Waals surface area contributed by atoms with Crippen molar-refractivity contribution in [2.45, 2.75) is 24.8 Å². The Morgan fingerprint density at radius 3 is 2.42 bits per heavy atom. The monoisotopic (exact) mass is 467 g/mol. The lowest BCUT2D eigenvalue weighted by Gasteiger charge is -2.13. The number of ether oxygens (including phenoxy) is 2. The van der Waals surface area contributed by atoms with Crippen LogP contribution in [0.5, 0.6) is 11.5 Å². The maximum absolute atomic E-state index is 12.5. The standard InChI is InChI=1S/C24H25N3O5S/c1-17(2)32-21-13-7-18(16-22(21)31-3)8-14-24(28)26-19-9-11-20(12-10-19)33(29,30)27-23-6-4-5-15-25-23/h4-17H,1-3H3,(H,25,27)(H,26,28)/b14-8+. The van der Waals surface area contributed by atoms with E-state index < -0.39 is 10.0 Å². The lowest BCUT2D eigenvalue weighted by atomic mass is 10.2. The second-order valence-corrected chi connectivity index (χ2v) is 8.93. The molecule has 0 aliphatic heterocycles. The van der Waals surface area contributed by atoms with Crippen molar-refractivity contribution in [1.82, 2.24) is 4.98 Å². The molecule has 0 spiro atoms. The number of hydrogen-bond donors (Lipinski definition) is 2. The van der Waals surface area contributed by atoms with E-state index in [0.717, 1.165) is 5.56 Å². The van der Waals surface area contributed by atoms with Crippen molar-refractivity contribution in [3.05, 3.63) is 78.5 Å². The van der Waals surface area contributed by atoms with E-state index in [1.807, 2.05) is 19.9 Å². The number of sulfonamides is 1. The van der Waals surface area contributed by atoms with Crippen LogP contribution in [0, 0.1) is 0 Å². The Kier molecular flexibility index (Phi) is 7.68. The van der Waals surface area contributed by atoms with Crippen molar-refractivity contribution in [3.63, 3.8) is 0 Å². The van der Waals surface area contributed by atoms with Gasteiger partial charge >= 0.3 is 0 Å². The predicted octanol–water partition coefficient (Wildman–Crippen LogP) is 4.33. The number of aromatic nitrogens is 1. The fourth-order valence-corrected chi connectivity index (χ4v) is 3.84. The number of hydrogen-bond acceptors (Lipinski definition) is 6. The topological polar surface area (TPSA) is 107 Å². The first-order valence-corrected chi connectivity index (χ1v) is 11.6. The highest BCUT2D eigenvalue weighted by molar-refractivity contribution is 7.92. The fraction of sp³-hybridized carbons (Fsp3) is 0.167. The normalized spacial score (nSPS) is 11.4. The molecule has 172 valence electrons. The number of nitrogens with one attached hydrogen (secondary N) is 2. The lowest BCUT2D eigenvalue weighted by molar-refractivity contribution is -0.111. The molecule has 0 aliphatic carbocycles. The average molecular weight is 468 g/mol. The number of pyridine rings is 1. The van der Waals surface area contributed by atoms with E-state index >= 15 is 0 Å². The molecule has 2 aromatic carbocycles. The molecule has 0 fully saturated rings. The third kappa shape index (κ3) is 6.81. The van der Waals surface area contributed by atoms with Crippen LogP contribution in [-0.4, -0.2) is 32.5 Å². The van der Waals surface area contributed by atoms with E-state index in [-0.39, 0.29) is 22.7 Å². The highest BCUT2D eigenvalue weighted by Gasteiger charge is 2.14. The molecule has 0 saturated carbocycles. The van der Waals surface area contributed by atoms with Gasteiger partial charge in [-0.3, -0.25) is 9.52 Å². The summed E-state index contributed by atoms with van der Waals surface area (Å²) in [5.74, 6) is 1.06. The van der Waals surface area contributed by atoms with Crippen LogP contribution in [0.25, 0.3) is 6.08 Å². The van der Waals surface area contributed by atoms with Crippen LogP contribution in [0.15, 0.2) is 77.8 Å². The van der Waals surface area contributed by atoms with E-state index in [1.165, 1.54) is 36.5 Å². The Bertz CT molecular complexity index is 1220. The van der Waals surface area contributed by atoms with Crippen molar-refractivity contribution < 1.29 is 22.7 Å². The number of benzene rings is 2. The zero-order chi connectivity index (χ0) is 23.8. The van der Waals surface area contributed by atoms with Gasteiger partial charge in [0.25, 0.3) is 10.0 Å². The molecule has 1 heterocycles. The van der Waals surface area contributed by atoms with Gasteiger partial charge in [0.05, 0.1) is 18.1 Å². The maximum Gasteiger partial charge on any atom is 0.263 e. The molecule has 1 amide bonds. The minimum atomic E-state index is -3.78. The van der Waals surface area contributed by atoms with E-state index in [1.54, 1.807) is 43.5 Å². The van der Waals surface area contributed by atoms with Gasteiger partial charge in [-0.05, 0) is 74.0 Å². The van der Waals surface area contributed by atoms with Gasteiger partial charge in [0.2, 0.25) is 5.91 Å². The minimum Gasteiger partial charge on any atom is -0.493 e. The largest absolute Gasteiger partial charge is 0.493 e. The van der Waals surface area contributed by atoms with Crippen LogP contribution in [0.2, 0.25) is 0 Å². The summed E-state index contributed by atoms with van der Waals surface area (Å²) in [5, 5.41) is 2.70. The van der Waals surface area contributed by atoms with Crippen LogP contribution in [0.4, 0.5) is 11.5 Å². The van der Waals surface area contributed by atoms with Gasteiger partial charge in [-0.2, -0.15) is 0 Å². The molecule has 0 aliphatic rings. The van der Waals surface area contributed by atoms with E-state index in [9.17, 15) is 13.2 Å². The van der Waals surface area contributed by atoms with Crippen molar-refractivity contribution in [3.8, 4) is 11.5 Å². The number of nitrogens with zero attached hydrogens (tertiary/aromatic N) is 1. The Morgan fingerprint density at radius 2 is 1.79 bits per heavy atom. The summed E-state index contributed by atoms with van der Waals surface area (Å²) in [6, 6.07) is 16.1. The first kappa shape index (κ1) is 23.8. The summed E-state index contributed by atoms with van der Waals surface area (Å²) >= 11 is 0. The molecule has 0 atom stereocenters. The second-order valence-electron chi connectivity index (χ2n) is 7.24. The molecule has 8 nitrogen and oxygen atoms in total. The molecule has 0 radical (unpaired) electrons. The molecule has 0 unspecified atom stereocenters. The minimum absolute atomic E-state index is 0.0123. The second kappa shape index (κ2) is 10.6. The number of anilines is 2. The number of rotatable bonds is 9. The highest BCUT2D eigenvalue weighted by Crippen LogP contribution is 2.29. The predicted molar refractivity (Wildman–Crippen MR) is 128 cm³/mol. The molecule has 9 heteroatoms. The number of methoxy groups -OCH3 is 1. The van der Waals surface area contributed by atoms with E-state index in [2.05, 4.69) is 15.0 Å². The number of carbonyl (C=O) groups excluding carboxylic acids is 1. The van der Waals surface area contributed by atoms with Gasteiger partial charge in [0.1, 0.15) is 5.82 Å². The Morgan fingerprint density at radius 1 is 1.03 bits per heavy atom. The van der Waals surface area contributed by atoms with Gasteiger partial charge < -0.3 is 14.8 Å². The number of amides is 1. The van der Waals surface area contributed by atoms with Gasteiger partial charge in [0.15, 0.2) is 11.5 Å². The van der Waals surface area contributed by atoms with Crippen LogP contribution >= 0.6 is 0 Å². The van der Waals surface area contributed by atoms with Gasteiger partial charge in [-0.1, -0.05) is 12.1 Å². The quantitative estimate of drug-likeness (QED) is 0.454. The smallest absolute Gasteiger partial charge is 0.263 e. The molecule has 0 bridgehead atoms. The highest BCUT2D eigenvalue weighted by atomic mass is 32.2.